The molecule has 0 saturated heterocycles. The summed E-state index contributed by atoms with van der Waals surface area (Å²) in [5.74, 6) is 0.197. The van der Waals surface area contributed by atoms with Crippen LogP contribution < -0.4 is 10.1 Å². The lowest BCUT2D eigenvalue weighted by Gasteiger charge is -2.05. The maximum Gasteiger partial charge on any atom is 0.387 e. The molecule has 0 aliphatic rings. The maximum atomic E-state index is 11.8. The van der Waals surface area contributed by atoms with Gasteiger partial charge in [0.2, 0.25) is 0 Å². The smallest absolute Gasteiger partial charge is 0.387 e. The van der Waals surface area contributed by atoms with Crippen LogP contribution in [0.25, 0.3) is 0 Å². The Hall–Kier alpha value is -1.16. The summed E-state index contributed by atoms with van der Waals surface area (Å²) in [5, 5.41) is 2.92. The molecule has 0 aliphatic heterocycles. The second kappa shape index (κ2) is 4.77. The minimum absolute atomic E-state index is 0.197. The number of hydrogen-bond acceptors (Lipinski definition) is 2. The number of ether oxygens (including phenoxy) is 1. The molecule has 72 valence electrons. The van der Waals surface area contributed by atoms with Gasteiger partial charge in [-0.25, -0.2) is 0 Å². The highest BCUT2D eigenvalue weighted by Gasteiger charge is 2.03. The van der Waals surface area contributed by atoms with Crippen LogP contribution in [-0.2, 0) is 6.54 Å². The van der Waals surface area contributed by atoms with Crippen LogP contribution in [0.15, 0.2) is 24.3 Å². The normalized spacial score (nSPS) is 10.5. The predicted molar refractivity (Wildman–Crippen MR) is 45.8 cm³/mol. The van der Waals surface area contributed by atoms with Crippen LogP contribution in [0.5, 0.6) is 5.75 Å². The minimum atomic E-state index is -2.76. The average molecular weight is 187 g/mol. The Labute approximate surface area is 75.5 Å². The van der Waals surface area contributed by atoms with Gasteiger partial charge in [0, 0.05) is 6.54 Å². The van der Waals surface area contributed by atoms with Gasteiger partial charge in [-0.2, -0.15) is 8.78 Å². The maximum absolute atomic E-state index is 11.8. The first-order valence-corrected chi connectivity index (χ1v) is 3.90. The zero-order valence-electron chi connectivity index (χ0n) is 7.26. The molecule has 0 aromatic heterocycles. The van der Waals surface area contributed by atoms with Gasteiger partial charge in [0.25, 0.3) is 0 Å². The van der Waals surface area contributed by atoms with Crippen molar-refractivity contribution in [1.82, 2.24) is 5.32 Å². The molecule has 0 unspecified atom stereocenters. The Balaban J connectivity index is 2.67. The van der Waals surface area contributed by atoms with Crippen LogP contribution in [0.4, 0.5) is 8.78 Å². The Morgan fingerprint density at radius 3 is 2.85 bits per heavy atom. The van der Waals surface area contributed by atoms with E-state index < -0.39 is 6.61 Å². The summed E-state index contributed by atoms with van der Waals surface area (Å²) >= 11 is 0. The van der Waals surface area contributed by atoms with Gasteiger partial charge in [-0.15, -0.1) is 0 Å². The second-order valence-corrected chi connectivity index (χ2v) is 2.56. The third-order valence-electron chi connectivity index (χ3n) is 1.50. The summed E-state index contributed by atoms with van der Waals surface area (Å²) in [6.07, 6.45) is 0. The molecule has 0 saturated carbocycles. The number of benzene rings is 1. The van der Waals surface area contributed by atoms with E-state index in [0.717, 1.165) is 5.56 Å². The van der Waals surface area contributed by atoms with Crippen LogP contribution in [-0.4, -0.2) is 13.7 Å². The lowest BCUT2D eigenvalue weighted by Crippen LogP contribution is -2.06. The molecule has 0 fully saturated rings. The number of alkyl halides is 2. The van der Waals surface area contributed by atoms with E-state index in [1.54, 1.807) is 19.2 Å². The quantitative estimate of drug-likeness (QED) is 0.778. The van der Waals surface area contributed by atoms with Crippen molar-refractivity contribution in [1.29, 1.82) is 0 Å². The van der Waals surface area contributed by atoms with Gasteiger partial charge in [0.05, 0.1) is 0 Å². The minimum Gasteiger partial charge on any atom is -0.435 e. The first-order chi connectivity index (χ1) is 6.22. The monoisotopic (exact) mass is 187 g/mol. The Morgan fingerprint density at radius 1 is 1.46 bits per heavy atom. The van der Waals surface area contributed by atoms with Crippen LogP contribution in [0.1, 0.15) is 5.56 Å². The molecular formula is C9H11F2NO. The second-order valence-electron chi connectivity index (χ2n) is 2.56. The summed E-state index contributed by atoms with van der Waals surface area (Å²) in [5.41, 5.74) is 0.917. The Morgan fingerprint density at radius 2 is 2.23 bits per heavy atom. The molecule has 0 heterocycles. The number of rotatable bonds is 4. The molecule has 0 spiro atoms. The predicted octanol–water partition coefficient (Wildman–Crippen LogP) is 2.01. The van der Waals surface area contributed by atoms with Crippen molar-refractivity contribution in [2.45, 2.75) is 13.2 Å². The Kier molecular flexibility index (Phi) is 3.64. The highest BCUT2D eigenvalue weighted by Crippen LogP contribution is 2.15. The molecule has 0 atom stereocenters. The summed E-state index contributed by atoms with van der Waals surface area (Å²) in [6, 6.07) is 6.62. The summed E-state index contributed by atoms with van der Waals surface area (Å²) in [4.78, 5) is 0. The number of hydrogen-bond donors (Lipinski definition) is 1. The molecule has 13 heavy (non-hydrogen) atoms. The van der Waals surface area contributed by atoms with Crippen molar-refractivity contribution in [3.8, 4) is 5.75 Å². The first-order valence-electron chi connectivity index (χ1n) is 3.90. The van der Waals surface area contributed by atoms with E-state index in [1.807, 2.05) is 6.07 Å². The van der Waals surface area contributed by atoms with Crippen LogP contribution in [0, 0.1) is 0 Å². The molecule has 1 aromatic rings. The first kappa shape index (κ1) is 9.92. The fourth-order valence-corrected chi connectivity index (χ4v) is 1.04. The van der Waals surface area contributed by atoms with Crippen LogP contribution in [0.2, 0.25) is 0 Å². The van der Waals surface area contributed by atoms with E-state index in [-0.39, 0.29) is 5.75 Å². The fraction of sp³-hybridized carbons (Fsp3) is 0.333. The lowest BCUT2D eigenvalue weighted by molar-refractivity contribution is -0.0498. The SMILES string of the molecule is CNCc1cccc(OC(F)F)c1. The van der Waals surface area contributed by atoms with Gasteiger partial charge in [0.15, 0.2) is 0 Å². The molecule has 1 N–H and O–H groups in total. The number of halogens is 2. The van der Waals surface area contributed by atoms with E-state index >= 15 is 0 Å². The zero-order chi connectivity index (χ0) is 9.68. The van der Waals surface area contributed by atoms with E-state index in [0.29, 0.717) is 6.54 Å². The molecule has 0 amide bonds. The summed E-state index contributed by atoms with van der Waals surface area (Å²) < 4.78 is 27.8. The van der Waals surface area contributed by atoms with E-state index in [1.165, 1.54) is 6.07 Å². The van der Waals surface area contributed by atoms with Crippen molar-refractivity contribution in [3.63, 3.8) is 0 Å². The van der Waals surface area contributed by atoms with Gasteiger partial charge in [-0.05, 0) is 24.7 Å². The van der Waals surface area contributed by atoms with Gasteiger partial charge < -0.3 is 10.1 Å². The third-order valence-corrected chi connectivity index (χ3v) is 1.50. The van der Waals surface area contributed by atoms with Gasteiger partial charge in [-0.1, -0.05) is 12.1 Å². The van der Waals surface area contributed by atoms with Crippen molar-refractivity contribution >= 4 is 0 Å². The zero-order valence-corrected chi connectivity index (χ0v) is 7.26. The van der Waals surface area contributed by atoms with E-state index in [2.05, 4.69) is 10.1 Å². The van der Waals surface area contributed by atoms with E-state index in [9.17, 15) is 8.78 Å². The third kappa shape index (κ3) is 3.38. The molecule has 0 radical (unpaired) electrons. The standard InChI is InChI=1S/C9H11F2NO/c1-12-6-7-3-2-4-8(5-7)13-9(10)11/h2-5,9,12H,6H2,1H3. The summed E-state index contributed by atoms with van der Waals surface area (Å²) in [6.45, 7) is -2.12. The lowest BCUT2D eigenvalue weighted by atomic mass is 10.2. The summed E-state index contributed by atoms with van der Waals surface area (Å²) in [7, 11) is 1.79. The molecular weight excluding hydrogens is 176 g/mol. The van der Waals surface area contributed by atoms with Crippen molar-refractivity contribution in [3.05, 3.63) is 29.8 Å². The molecule has 0 bridgehead atoms. The number of nitrogens with one attached hydrogen (secondary N) is 1. The fourth-order valence-electron chi connectivity index (χ4n) is 1.04. The van der Waals surface area contributed by atoms with Crippen molar-refractivity contribution in [2.75, 3.05) is 7.05 Å². The molecule has 2 nitrogen and oxygen atoms in total. The van der Waals surface area contributed by atoms with Gasteiger partial charge in [0.1, 0.15) is 5.75 Å². The largest absolute Gasteiger partial charge is 0.435 e. The van der Waals surface area contributed by atoms with Gasteiger partial charge in [-0.3, -0.25) is 0 Å². The average Bonchev–Trinajstić information content (AvgIpc) is 2.04. The van der Waals surface area contributed by atoms with E-state index in [4.69, 9.17) is 0 Å². The van der Waals surface area contributed by atoms with Crippen molar-refractivity contribution < 1.29 is 13.5 Å². The molecule has 1 aromatic carbocycles. The van der Waals surface area contributed by atoms with Crippen LogP contribution in [0.3, 0.4) is 0 Å². The Bertz CT molecular complexity index is 266. The van der Waals surface area contributed by atoms with Crippen LogP contribution >= 0.6 is 0 Å². The highest BCUT2D eigenvalue weighted by molar-refractivity contribution is 5.28. The molecule has 4 heteroatoms. The molecule has 0 aliphatic carbocycles. The van der Waals surface area contributed by atoms with Crippen molar-refractivity contribution in [2.24, 2.45) is 0 Å². The topological polar surface area (TPSA) is 21.3 Å². The van der Waals surface area contributed by atoms with Gasteiger partial charge >= 0.3 is 6.61 Å². The highest BCUT2D eigenvalue weighted by atomic mass is 19.3. The molecule has 1 rings (SSSR count).